The molecule has 0 spiro atoms. The van der Waals surface area contributed by atoms with Crippen LogP contribution < -0.4 is 5.32 Å². The predicted molar refractivity (Wildman–Crippen MR) is 64.0 cm³/mol. The molecule has 1 heterocycles. The first kappa shape index (κ1) is 11.7. The fraction of sp³-hybridized carbons (Fsp3) is 0.500. The zero-order valence-electron chi connectivity index (χ0n) is 9.70. The van der Waals surface area contributed by atoms with E-state index in [9.17, 15) is 0 Å². The summed E-state index contributed by atoms with van der Waals surface area (Å²) in [6.45, 7) is 7.21. The van der Waals surface area contributed by atoms with Gasteiger partial charge in [0.15, 0.2) is 0 Å². The minimum atomic E-state index is 0.448. The summed E-state index contributed by atoms with van der Waals surface area (Å²) in [5, 5.41) is 3.27. The van der Waals surface area contributed by atoms with Crippen molar-refractivity contribution in [2.45, 2.75) is 33.1 Å². The molecule has 0 atom stereocenters. The second kappa shape index (κ2) is 6.17. The Bertz CT molecular complexity index is 318. The molecule has 0 aliphatic rings. The van der Waals surface area contributed by atoms with E-state index in [1.165, 1.54) is 0 Å². The van der Waals surface area contributed by atoms with Crippen LogP contribution in [0.4, 0.5) is 5.82 Å². The third-order valence-corrected chi connectivity index (χ3v) is 2.13. The largest absolute Gasteiger partial charge is 0.370 e. The topological polar surface area (TPSA) is 37.8 Å². The predicted octanol–water partition coefficient (Wildman–Crippen LogP) is 2.98. The molecule has 0 aliphatic carbocycles. The van der Waals surface area contributed by atoms with E-state index in [1.807, 2.05) is 13.0 Å². The second-order valence-electron chi connectivity index (χ2n) is 3.77. The fourth-order valence-electron chi connectivity index (χ4n) is 1.23. The zero-order valence-corrected chi connectivity index (χ0v) is 9.70. The molecule has 0 aromatic carbocycles. The van der Waals surface area contributed by atoms with Gasteiger partial charge in [-0.2, -0.15) is 0 Å². The van der Waals surface area contributed by atoms with Gasteiger partial charge in [0.25, 0.3) is 0 Å². The van der Waals surface area contributed by atoms with Gasteiger partial charge in [-0.1, -0.05) is 26.0 Å². The summed E-state index contributed by atoms with van der Waals surface area (Å²) in [5.41, 5.74) is 1.08. The Morgan fingerprint density at radius 3 is 2.87 bits per heavy atom. The van der Waals surface area contributed by atoms with Gasteiger partial charge in [-0.3, -0.25) is 0 Å². The average Bonchev–Trinajstić information content (AvgIpc) is 2.25. The van der Waals surface area contributed by atoms with Gasteiger partial charge in [0, 0.05) is 18.3 Å². The number of aromatic nitrogens is 2. The Balaban J connectivity index is 2.50. The van der Waals surface area contributed by atoms with E-state index in [0.717, 1.165) is 24.5 Å². The first-order valence-corrected chi connectivity index (χ1v) is 5.41. The molecule has 15 heavy (non-hydrogen) atoms. The highest BCUT2D eigenvalue weighted by molar-refractivity contribution is 5.35. The first-order valence-electron chi connectivity index (χ1n) is 5.41. The molecule has 0 bridgehead atoms. The van der Waals surface area contributed by atoms with Crippen molar-refractivity contribution in [3.05, 3.63) is 30.2 Å². The van der Waals surface area contributed by atoms with Crippen LogP contribution in [0.25, 0.3) is 0 Å². The summed E-state index contributed by atoms with van der Waals surface area (Å²) in [4.78, 5) is 8.39. The highest BCUT2D eigenvalue weighted by Crippen LogP contribution is 2.13. The summed E-state index contributed by atoms with van der Waals surface area (Å²) in [7, 11) is 0. The molecule has 0 saturated heterocycles. The van der Waals surface area contributed by atoms with Crippen molar-refractivity contribution in [1.29, 1.82) is 0 Å². The van der Waals surface area contributed by atoms with Gasteiger partial charge >= 0.3 is 0 Å². The summed E-state index contributed by atoms with van der Waals surface area (Å²) in [6, 6.07) is 2.01. The van der Waals surface area contributed by atoms with Crippen molar-refractivity contribution in [1.82, 2.24) is 9.97 Å². The van der Waals surface area contributed by atoms with Gasteiger partial charge < -0.3 is 5.32 Å². The molecule has 1 aromatic heterocycles. The molecule has 0 saturated carbocycles. The van der Waals surface area contributed by atoms with Gasteiger partial charge in [0.1, 0.15) is 12.1 Å². The average molecular weight is 205 g/mol. The van der Waals surface area contributed by atoms with Crippen molar-refractivity contribution in [3.63, 3.8) is 0 Å². The van der Waals surface area contributed by atoms with E-state index in [-0.39, 0.29) is 0 Å². The normalized spacial score (nSPS) is 11.2. The molecular formula is C12H19N3. The number of nitrogens with one attached hydrogen (secondary N) is 1. The van der Waals surface area contributed by atoms with Crippen LogP contribution in [0.3, 0.4) is 0 Å². The molecule has 1 aromatic rings. The van der Waals surface area contributed by atoms with Crippen molar-refractivity contribution < 1.29 is 0 Å². The minimum Gasteiger partial charge on any atom is -0.370 e. The van der Waals surface area contributed by atoms with E-state index < -0.39 is 0 Å². The third kappa shape index (κ3) is 4.11. The first-order chi connectivity index (χ1) is 7.24. The van der Waals surface area contributed by atoms with Gasteiger partial charge in [-0.05, 0) is 19.3 Å². The van der Waals surface area contributed by atoms with Gasteiger partial charge in [-0.25, -0.2) is 9.97 Å². The SMILES string of the molecule is C/C=C/CCNc1cc(C(C)C)ncn1. The van der Waals surface area contributed by atoms with E-state index in [1.54, 1.807) is 6.33 Å². The molecule has 0 radical (unpaired) electrons. The monoisotopic (exact) mass is 205 g/mol. The van der Waals surface area contributed by atoms with E-state index in [0.29, 0.717) is 5.92 Å². The lowest BCUT2D eigenvalue weighted by Crippen LogP contribution is -2.04. The Morgan fingerprint density at radius 1 is 1.40 bits per heavy atom. The molecule has 1 rings (SSSR count). The highest BCUT2D eigenvalue weighted by atomic mass is 15.0. The summed E-state index contributed by atoms with van der Waals surface area (Å²) in [6.07, 6.45) is 6.84. The van der Waals surface area contributed by atoms with Crippen molar-refractivity contribution in [2.75, 3.05) is 11.9 Å². The minimum absolute atomic E-state index is 0.448. The van der Waals surface area contributed by atoms with Crippen LogP contribution in [-0.4, -0.2) is 16.5 Å². The second-order valence-corrected chi connectivity index (χ2v) is 3.77. The van der Waals surface area contributed by atoms with Crippen LogP contribution in [-0.2, 0) is 0 Å². The Kier molecular flexibility index (Phi) is 4.81. The van der Waals surface area contributed by atoms with Crippen molar-refractivity contribution >= 4 is 5.82 Å². The zero-order chi connectivity index (χ0) is 11.1. The van der Waals surface area contributed by atoms with Crippen LogP contribution in [0.2, 0.25) is 0 Å². The summed E-state index contributed by atoms with van der Waals surface area (Å²) < 4.78 is 0. The molecule has 82 valence electrons. The lowest BCUT2D eigenvalue weighted by Gasteiger charge is -2.07. The van der Waals surface area contributed by atoms with Crippen LogP contribution in [0.15, 0.2) is 24.5 Å². The van der Waals surface area contributed by atoms with E-state index >= 15 is 0 Å². The lowest BCUT2D eigenvalue weighted by molar-refractivity contribution is 0.813. The van der Waals surface area contributed by atoms with Crippen LogP contribution in [0.5, 0.6) is 0 Å². The van der Waals surface area contributed by atoms with Crippen LogP contribution >= 0.6 is 0 Å². The summed E-state index contributed by atoms with van der Waals surface area (Å²) in [5.74, 6) is 1.36. The van der Waals surface area contributed by atoms with Crippen LogP contribution in [0.1, 0.15) is 38.8 Å². The van der Waals surface area contributed by atoms with Crippen LogP contribution in [0, 0.1) is 0 Å². The van der Waals surface area contributed by atoms with Gasteiger partial charge in [-0.15, -0.1) is 0 Å². The number of rotatable bonds is 5. The molecule has 0 aliphatic heterocycles. The molecule has 3 nitrogen and oxygen atoms in total. The Morgan fingerprint density at radius 2 is 2.20 bits per heavy atom. The van der Waals surface area contributed by atoms with E-state index in [4.69, 9.17) is 0 Å². The maximum atomic E-state index is 4.22. The maximum Gasteiger partial charge on any atom is 0.129 e. The molecule has 1 N–H and O–H groups in total. The number of hydrogen-bond acceptors (Lipinski definition) is 3. The quantitative estimate of drug-likeness (QED) is 0.593. The van der Waals surface area contributed by atoms with Crippen molar-refractivity contribution in [2.24, 2.45) is 0 Å². The molecule has 0 unspecified atom stereocenters. The Hall–Kier alpha value is -1.38. The molecule has 0 amide bonds. The smallest absolute Gasteiger partial charge is 0.129 e. The van der Waals surface area contributed by atoms with Gasteiger partial charge in [0.05, 0.1) is 0 Å². The number of anilines is 1. The highest BCUT2D eigenvalue weighted by Gasteiger charge is 2.01. The van der Waals surface area contributed by atoms with Gasteiger partial charge in [0.2, 0.25) is 0 Å². The molecule has 0 fully saturated rings. The maximum absolute atomic E-state index is 4.22. The Labute approximate surface area is 91.7 Å². The van der Waals surface area contributed by atoms with Crippen molar-refractivity contribution in [3.8, 4) is 0 Å². The fourth-order valence-corrected chi connectivity index (χ4v) is 1.23. The number of allylic oxidation sites excluding steroid dienone is 1. The molecule has 3 heteroatoms. The lowest BCUT2D eigenvalue weighted by atomic mass is 10.1. The van der Waals surface area contributed by atoms with E-state index in [2.05, 4.69) is 41.3 Å². The third-order valence-electron chi connectivity index (χ3n) is 2.13. The standard InChI is InChI=1S/C12H19N3/c1-4-5-6-7-13-12-8-11(10(2)3)14-9-15-12/h4-5,8-10H,6-7H2,1-3H3,(H,13,14,15)/b5-4+. The molecular weight excluding hydrogens is 186 g/mol. The summed E-state index contributed by atoms with van der Waals surface area (Å²) >= 11 is 0. The number of nitrogens with zero attached hydrogens (tertiary/aromatic N) is 2. The number of hydrogen-bond donors (Lipinski definition) is 1.